The Kier molecular flexibility index (Phi) is 3.67. The molecule has 3 rings (SSSR count). The van der Waals surface area contributed by atoms with Crippen molar-refractivity contribution in [2.45, 2.75) is 52.4 Å². The number of nitrogens with zero attached hydrogens (tertiary/aromatic N) is 3. The molecule has 3 aromatic rings. The Hall–Kier alpha value is -2.36. The molecule has 0 aliphatic heterocycles. The van der Waals surface area contributed by atoms with E-state index in [0.717, 1.165) is 22.3 Å². The highest BCUT2D eigenvalue weighted by Crippen LogP contribution is 2.39. The molecule has 0 spiro atoms. The van der Waals surface area contributed by atoms with Gasteiger partial charge in [0.05, 0.1) is 5.56 Å². The van der Waals surface area contributed by atoms with E-state index in [1.807, 2.05) is 24.3 Å². The number of aromatic nitrogens is 3. The molecular weight excluding hydrogens is 298 g/mol. The smallest absolute Gasteiger partial charge is 0.285 e. The van der Waals surface area contributed by atoms with E-state index in [-0.39, 0.29) is 10.8 Å². The summed E-state index contributed by atoms with van der Waals surface area (Å²) in [6, 6.07) is 12.0. The molecule has 0 fully saturated rings. The Morgan fingerprint density at radius 2 is 1.38 bits per heavy atom. The lowest BCUT2D eigenvalue weighted by atomic mass is 9.80. The molecule has 0 atom stereocenters. The molecule has 4 heteroatoms. The number of benzene rings is 2. The number of hydrogen-bond acceptors (Lipinski definition) is 2. The van der Waals surface area contributed by atoms with Crippen molar-refractivity contribution in [2.75, 3.05) is 0 Å². The molecular formula is C20H26N3O+. The van der Waals surface area contributed by atoms with Crippen LogP contribution in [0.25, 0.3) is 16.7 Å². The minimum Gasteiger partial charge on any atom is -0.592 e. The fraction of sp³-hybridized carbons (Fsp3) is 0.400. The highest BCUT2D eigenvalue weighted by atomic mass is 16.3. The van der Waals surface area contributed by atoms with Crippen molar-refractivity contribution < 1.29 is 5.11 Å². The summed E-state index contributed by atoms with van der Waals surface area (Å²) in [6.07, 6.45) is 0. The van der Waals surface area contributed by atoms with E-state index in [2.05, 4.69) is 63.9 Å². The van der Waals surface area contributed by atoms with E-state index in [0.29, 0.717) is 5.75 Å². The van der Waals surface area contributed by atoms with Crippen molar-refractivity contribution in [3.05, 3.63) is 47.5 Å². The van der Waals surface area contributed by atoms with Gasteiger partial charge in [-0.15, -0.1) is 15.0 Å². The van der Waals surface area contributed by atoms with Crippen LogP contribution in [0.1, 0.15) is 52.7 Å². The molecule has 0 saturated carbocycles. The molecule has 0 unspecified atom stereocenters. The van der Waals surface area contributed by atoms with Gasteiger partial charge in [0.2, 0.25) is 0 Å². The Morgan fingerprint density at radius 3 is 1.83 bits per heavy atom. The fourth-order valence-electron chi connectivity index (χ4n) is 2.78. The maximum absolute atomic E-state index is 8.71. The van der Waals surface area contributed by atoms with Gasteiger partial charge >= 0.3 is 0 Å². The molecule has 0 saturated heterocycles. The summed E-state index contributed by atoms with van der Waals surface area (Å²) in [5.74, 6) is 0.496. The van der Waals surface area contributed by atoms with Gasteiger partial charge in [-0.2, -0.15) is 0 Å². The molecule has 4 nitrogen and oxygen atoms in total. The zero-order valence-electron chi connectivity index (χ0n) is 15.3. The lowest BCUT2D eigenvalue weighted by Crippen LogP contribution is -2.18. The maximum atomic E-state index is 8.71. The summed E-state index contributed by atoms with van der Waals surface area (Å²) in [4.78, 5) is 1.61. The van der Waals surface area contributed by atoms with Crippen LogP contribution in [0.4, 0.5) is 0 Å². The summed E-state index contributed by atoms with van der Waals surface area (Å²) >= 11 is 0. The van der Waals surface area contributed by atoms with Gasteiger partial charge in [-0.25, -0.2) is 0 Å². The highest BCUT2D eigenvalue weighted by Gasteiger charge is 2.29. The topological polar surface area (TPSA) is 53.6 Å². The second-order valence-corrected chi connectivity index (χ2v) is 8.40. The first kappa shape index (κ1) is 16.5. The first-order chi connectivity index (χ1) is 11.1. The van der Waals surface area contributed by atoms with Gasteiger partial charge in [0.15, 0.2) is 5.69 Å². The van der Waals surface area contributed by atoms with Gasteiger partial charge in [-0.1, -0.05) is 53.7 Å². The van der Waals surface area contributed by atoms with Crippen molar-refractivity contribution in [2.24, 2.45) is 0 Å². The summed E-state index contributed by atoms with van der Waals surface area (Å²) in [5.41, 5.74) is 4.52. The Balaban J connectivity index is 2.30. The van der Waals surface area contributed by atoms with Gasteiger partial charge in [0, 0.05) is 0 Å². The van der Waals surface area contributed by atoms with Crippen LogP contribution in [0, 0.1) is 0 Å². The van der Waals surface area contributed by atoms with Crippen molar-refractivity contribution in [3.63, 3.8) is 0 Å². The van der Waals surface area contributed by atoms with E-state index in [9.17, 15) is 0 Å². The average molecular weight is 324 g/mol. The Bertz CT molecular complexity index is 862. The second-order valence-electron chi connectivity index (χ2n) is 8.40. The second kappa shape index (κ2) is 5.33. The predicted molar refractivity (Wildman–Crippen MR) is 99.3 cm³/mol. The Labute approximate surface area is 143 Å². The third kappa shape index (κ3) is 2.88. The maximum Gasteiger partial charge on any atom is 0.285 e. The monoisotopic (exact) mass is 324 g/mol. The largest absolute Gasteiger partial charge is 0.592 e. The molecule has 2 aromatic carbocycles. The van der Waals surface area contributed by atoms with Gasteiger partial charge < -0.3 is 5.11 Å². The van der Waals surface area contributed by atoms with Crippen LogP contribution >= 0.6 is 0 Å². The summed E-state index contributed by atoms with van der Waals surface area (Å²) in [5, 5.41) is 17.9. The lowest BCUT2D eigenvalue weighted by molar-refractivity contribution is 0.438. The SMILES string of the molecule is CC(C)(C)c1cc(-n2nc3ccccc3n2)c([OH2+])c(C(C)(C)C)c1. The summed E-state index contributed by atoms with van der Waals surface area (Å²) < 4.78 is 0. The van der Waals surface area contributed by atoms with E-state index >= 15 is 0 Å². The van der Waals surface area contributed by atoms with Gasteiger partial charge in [0.1, 0.15) is 11.0 Å². The first-order valence-electron chi connectivity index (χ1n) is 8.30. The number of fused-ring (bicyclic) bond motifs is 1. The third-order valence-corrected chi connectivity index (χ3v) is 4.29. The van der Waals surface area contributed by atoms with E-state index in [4.69, 9.17) is 5.11 Å². The number of rotatable bonds is 1. The molecule has 1 heterocycles. The summed E-state index contributed by atoms with van der Waals surface area (Å²) in [6.45, 7) is 13.0. The normalized spacial score (nSPS) is 12.8. The van der Waals surface area contributed by atoms with E-state index in [1.165, 1.54) is 5.56 Å². The minimum absolute atomic E-state index is 0.00494. The van der Waals surface area contributed by atoms with Gasteiger partial charge in [-0.3, -0.25) is 0 Å². The van der Waals surface area contributed by atoms with Crippen molar-refractivity contribution in [1.82, 2.24) is 15.0 Å². The van der Waals surface area contributed by atoms with E-state index < -0.39 is 0 Å². The predicted octanol–water partition coefficient (Wildman–Crippen LogP) is 4.45. The molecule has 0 amide bonds. The lowest BCUT2D eigenvalue weighted by Gasteiger charge is -2.25. The van der Waals surface area contributed by atoms with Gasteiger partial charge in [-0.05, 0) is 40.7 Å². The molecule has 1 aromatic heterocycles. The molecule has 0 aliphatic rings. The van der Waals surface area contributed by atoms with Crippen molar-refractivity contribution in [1.29, 1.82) is 0 Å². The molecule has 24 heavy (non-hydrogen) atoms. The van der Waals surface area contributed by atoms with E-state index in [1.54, 1.807) is 4.80 Å². The van der Waals surface area contributed by atoms with Crippen LogP contribution < -0.4 is 0 Å². The summed E-state index contributed by atoms with van der Waals surface area (Å²) in [7, 11) is 0. The standard InChI is InChI=1S/C20H25N3O/c1-19(2,3)13-11-14(20(4,5)6)18(24)17(12-13)23-21-15-9-7-8-10-16(15)22-23/h7-12,24H,1-6H3/p+1. The molecule has 0 aliphatic carbocycles. The molecule has 0 radical (unpaired) electrons. The Morgan fingerprint density at radius 1 is 0.833 bits per heavy atom. The zero-order valence-corrected chi connectivity index (χ0v) is 15.3. The number of hydrogen-bond donors (Lipinski definition) is 0. The average Bonchev–Trinajstić information content (AvgIpc) is 2.88. The van der Waals surface area contributed by atoms with Crippen LogP contribution in [0.5, 0.6) is 5.75 Å². The molecule has 126 valence electrons. The highest BCUT2D eigenvalue weighted by molar-refractivity contribution is 5.73. The van der Waals surface area contributed by atoms with Crippen LogP contribution in [-0.4, -0.2) is 20.1 Å². The van der Waals surface area contributed by atoms with Crippen LogP contribution in [0.3, 0.4) is 0 Å². The van der Waals surface area contributed by atoms with Crippen LogP contribution in [0.2, 0.25) is 0 Å². The van der Waals surface area contributed by atoms with Crippen LogP contribution in [-0.2, 0) is 10.8 Å². The van der Waals surface area contributed by atoms with Crippen molar-refractivity contribution in [3.8, 4) is 11.4 Å². The van der Waals surface area contributed by atoms with Crippen molar-refractivity contribution >= 4 is 11.0 Å². The quantitative estimate of drug-likeness (QED) is 0.621. The minimum atomic E-state index is -0.111. The van der Waals surface area contributed by atoms with Gasteiger partial charge in [0.25, 0.3) is 5.75 Å². The van der Waals surface area contributed by atoms with Crippen LogP contribution in [0.15, 0.2) is 36.4 Å². The fourth-order valence-corrected chi connectivity index (χ4v) is 2.78. The molecule has 2 N–H and O–H groups in total. The first-order valence-corrected chi connectivity index (χ1v) is 8.30. The third-order valence-electron chi connectivity index (χ3n) is 4.29. The zero-order chi connectivity index (χ0) is 17.7. The molecule has 0 bridgehead atoms.